The summed E-state index contributed by atoms with van der Waals surface area (Å²) in [6.07, 6.45) is 1.22. The fraction of sp³-hybridized carbons (Fsp3) is 0.455. The highest BCUT2D eigenvalue weighted by Crippen LogP contribution is 2.23. The highest BCUT2D eigenvalue weighted by Gasteiger charge is 2.18. The van der Waals surface area contributed by atoms with Gasteiger partial charge in [0.2, 0.25) is 0 Å². The number of halogens is 1. The molecule has 1 aromatic rings. The maximum absolute atomic E-state index is 12.9. The molecule has 1 atom stereocenters. The Morgan fingerprint density at radius 1 is 1.46 bits per heavy atom. The molecular weight excluding hydrogens is 165 g/mol. The molecule has 0 bridgehead atoms. The zero-order valence-electron chi connectivity index (χ0n) is 7.83. The Labute approximate surface area is 78.2 Å². The summed E-state index contributed by atoms with van der Waals surface area (Å²) in [5, 5.41) is 0. The van der Waals surface area contributed by atoms with Crippen molar-refractivity contribution in [2.45, 2.75) is 13.3 Å². The summed E-state index contributed by atoms with van der Waals surface area (Å²) in [6.45, 7) is 4.35. The number of hydrogen-bond donors (Lipinski definition) is 0. The minimum atomic E-state index is -0.142. The molecule has 0 unspecified atom stereocenters. The predicted octanol–water partition coefficient (Wildman–Crippen LogP) is 2.67. The predicted molar refractivity (Wildman–Crippen MR) is 52.4 cm³/mol. The van der Waals surface area contributed by atoms with E-state index in [0.717, 1.165) is 24.7 Å². The maximum atomic E-state index is 12.9. The van der Waals surface area contributed by atoms with Gasteiger partial charge in [0.1, 0.15) is 5.82 Å². The van der Waals surface area contributed by atoms with Gasteiger partial charge in [0.15, 0.2) is 0 Å². The molecule has 1 nitrogen and oxygen atoms in total. The monoisotopic (exact) mass is 179 g/mol. The first-order chi connectivity index (χ1) is 6.25. The van der Waals surface area contributed by atoms with Gasteiger partial charge in [-0.3, -0.25) is 0 Å². The van der Waals surface area contributed by atoms with Gasteiger partial charge in [0.25, 0.3) is 0 Å². The standard InChI is InChI=1S/C11H14FN/c1-9-5-6-13(8-9)11-4-2-3-10(12)7-11/h2-4,7,9H,5-6,8H2,1H3/t9-/m1/s1. The molecule has 0 saturated carbocycles. The van der Waals surface area contributed by atoms with E-state index in [4.69, 9.17) is 0 Å². The summed E-state index contributed by atoms with van der Waals surface area (Å²) >= 11 is 0. The fourth-order valence-corrected chi connectivity index (χ4v) is 1.84. The molecule has 0 aliphatic carbocycles. The molecule has 1 fully saturated rings. The van der Waals surface area contributed by atoms with E-state index < -0.39 is 0 Å². The van der Waals surface area contributed by atoms with Crippen LogP contribution in [0, 0.1) is 11.7 Å². The molecule has 2 heteroatoms. The summed E-state index contributed by atoms with van der Waals surface area (Å²) in [4.78, 5) is 2.24. The zero-order valence-corrected chi connectivity index (χ0v) is 7.83. The van der Waals surface area contributed by atoms with Gasteiger partial charge in [0.05, 0.1) is 0 Å². The Morgan fingerprint density at radius 2 is 2.31 bits per heavy atom. The number of hydrogen-bond acceptors (Lipinski definition) is 1. The van der Waals surface area contributed by atoms with Crippen LogP contribution in [-0.4, -0.2) is 13.1 Å². The molecule has 2 rings (SSSR count). The first-order valence-corrected chi connectivity index (χ1v) is 4.76. The van der Waals surface area contributed by atoms with Crippen molar-refractivity contribution in [1.82, 2.24) is 0 Å². The number of anilines is 1. The van der Waals surface area contributed by atoms with Crippen LogP contribution in [0.5, 0.6) is 0 Å². The van der Waals surface area contributed by atoms with Gasteiger partial charge in [-0.15, -0.1) is 0 Å². The highest BCUT2D eigenvalue weighted by molar-refractivity contribution is 5.47. The van der Waals surface area contributed by atoms with E-state index in [-0.39, 0.29) is 5.82 Å². The van der Waals surface area contributed by atoms with Gasteiger partial charge in [0, 0.05) is 18.8 Å². The van der Waals surface area contributed by atoms with Crippen molar-refractivity contribution in [3.8, 4) is 0 Å². The van der Waals surface area contributed by atoms with Crippen molar-refractivity contribution in [2.24, 2.45) is 5.92 Å². The van der Waals surface area contributed by atoms with Crippen molar-refractivity contribution >= 4 is 5.69 Å². The van der Waals surface area contributed by atoms with Gasteiger partial charge < -0.3 is 4.90 Å². The summed E-state index contributed by atoms with van der Waals surface area (Å²) in [5.74, 6) is 0.598. The largest absolute Gasteiger partial charge is 0.371 e. The fourth-order valence-electron chi connectivity index (χ4n) is 1.84. The summed E-state index contributed by atoms with van der Waals surface area (Å²) < 4.78 is 12.9. The Balaban J connectivity index is 2.16. The molecule has 0 amide bonds. The normalized spacial score (nSPS) is 22.3. The van der Waals surface area contributed by atoms with Crippen LogP contribution in [0.4, 0.5) is 10.1 Å². The minimum absolute atomic E-state index is 0.142. The number of rotatable bonds is 1. The number of nitrogens with zero attached hydrogens (tertiary/aromatic N) is 1. The summed E-state index contributed by atoms with van der Waals surface area (Å²) in [6, 6.07) is 6.84. The van der Waals surface area contributed by atoms with Crippen molar-refractivity contribution in [3.05, 3.63) is 30.1 Å². The molecule has 1 aromatic carbocycles. The van der Waals surface area contributed by atoms with E-state index in [1.807, 2.05) is 6.07 Å². The first-order valence-electron chi connectivity index (χ1n) is 4.76. The molecular formula is C11H14FN. The minimum Gasteiger partial charge on any atom is -0.371 e. The Hall–Kier alpha value is -1.05. The smallest absolute Gasteiger partial charge is 0.125 e. The van der Waals surface area contributed by atoms with Gasteiger partial charge in [-0.05, 0) is 30.5 Å². The highest BCUT2D eigenvalue weighted by atomic mass is 19.1. The second-order valence-corrected chi connectivity index (χ2v) is 3.82. The molecule has 1 heterocycles. The lowest BCUT2D eigenvalue weighted by atomic mass is 10.2. The topological polar surface area (TPSA) is 3.24 Å². The van der Waals surface area contributed by atoms with E-state index >= 15 is 0 Å². The van der Waals surface area contributed by atoms with Gasteiger partial charge in [-0.1, -0.05) is 13.0 Å². The quantitative estimate of drug-likeness (QED) is 0.640. The summed E-state index contributed by atoms with van der Waals surface area (Å²) in [5.41, 5.74) is 1.02. The van der Waals surface area contributed by atoms with Crippen molar-refractivity contribution in [3.63, 3.8) is 0 Å². The van der Waals surface area contributed by atoms with Gasteiger partial charge in [-0.25, -0.2) is 4.39 Å². The number of benzene rings is 1. The van der Waals surface area contributed by atoms with Crippen LogP contribution < -0.4 is 4.90 Å². The zero-order chi connectivity index (χ0) is 9.26. The molecule has 0 aromatic heterocycles. The van der Waals surface area contributed by atoms with E-state index in [1.165, 1.54) is 12.5 Å². The van der Waals surface area contributed by atoms with E-state index in [1.54, 1.807) is 12.1 Å². The first kappa shape index (κ1) is 8.54. The van der Waals surface area contributed by atoms with E-state index in [9.17, 15) is 4.39 Å². The average molecular weight is 179 g/mol. The second kappa shape index (κ2) is 3.36. The van der Waals surface area contributed by atoms with Crippen LogP contribution in [0.2, 0.25) is 0 Å². The Bertz CT molecular complexity index is 298. The second-order valence-electron chi connectivity index (χ2n) is 3.82. The van der Waals surface area contributed by atoms with Crippen LogP contribution in [0.15, 0.2) is 24.3 Å². The molecule has 0 spiro atoms. The molecule has 1 aliphatic heterocycles. The molecule has 13 heavy (non-hydrogen) atoms. The Kier molecular flexibility index (Phi) is 2.21. The summed E-state index contributed by atoms with van der Waals surface area (Å²) in [7, 11) is 0. The SMILES string of the molecule is C[C@@H]1CCN(c2cccc(F)c2)C1. The van der Waals surface area contributed by atoms with Crippen LogP contribution in [0.3, 0.4) is 0 Å². The van der Waals surface area contributed by atoms with Crippen LogP contribution >= 0.6 is 0 Å². The van der Waals surface area contributed by atoms with Crippen molar-refractivity contribution < 1.29 is 4.39 Å². The third kappa shape index (κ3) is 1.82. The van der Waals surface area contributed by atoms with Crippen molar-refractivity contribution in [2.75, 3.05) is 18.0 Å². The van der Waals surface area contributed by atoms with Crippen LogP contribution in [0.25, 0.3) is 0 Å². The molecule has 0 N–H and O–H groups in total. The van der Waals surface area contributed by atoms with Gasteiger partial charge in [-0.2, -0.15) is 0 Å². The Morgan fingerprint density at radius 3 is 2.92 bits per heavy atom. The lowest BCUT2D eigenvalue weighted by Crippen LogP contribution is -2.18. The maximum Gasteiger partial charge on any atom is 0.125 e. The van der Waals surface area contributed by atoms with Crippen LogP contribution in [0.1, 0.15) is 13.3 Å². The molecule has 1 aliphatic rings. The average Bonchev–Trinajstić information content (AvgIpc) is 2.52. The third-order valence-electron chi connectivity index (χ3n) is 2.60. The van der Waals surface area contributed by atoms with E-state index in [2.05, 4.69) is 11.8 Å². The molecule has 70 valence electrons. The molecule has 0 radical (unpaired) electrons. The lowest BCUT2D eigenvalue weighted by Gasteiger charge is -2.17. The van der Waals surface area contributed by atoms with E-state index in [0.29, 0.717) is 0 Å². The third-order valence-corrected chi connectivity index (χ3v) is 2.60. The van der Waals surface area contributed by atoms with Crippen LogP contribution in [-0.2, 0) is 0 Å². The lowest BCUT2D eigenvalue weighted by molar-refractivity contribution is 0.626. The molecule has 1 saturated heterocycles. The van der Waals surface area contributed by atoms with Crippen molar-refractivity contribution in [1.29, 1.82) is 0 Å². The van der Waals surface area contributed by atoms with Gasteiger partial charge >= 0.3 is 0 Å².